The van der Waals surface area contributed by atoms with Crippen LogP contribution in [0.25, 0.3) is 22.3 Å². The number of phenolic OH excluding ortho intramolecular Hbond substituents is 2. The second kappa shape index (κ2) is 6.24. The fourth-order valence-electron chi connectivity index (χ4n) is 2.13. The molecular formula is C16H12MoO5. The molecular weight excluding hydrogens is 368 g/mol. The van der Waals surface area contributed by atoms with Crippen LogP contribution < -0.4 is 10.2 Å². The van der Waals surface area contributed by atoms with Crippen LogP contribution in [0.2, 0.25) is 0 Å². The maximum atomic E-state index is 12.2. The van der Waals surface area contributed by atoms with Crippen LogP contribution in [0.4, 0.5) is 0 Å². The molecule has 0 aliphatic heterocycles. The van der Waals surface area contributed by atoms with Crippen LogP contribution in [-0.2, 0) is 21.1 Å². The molecule has 1 aromatic heterocycles. The van der Waals surface area contributed by atoms with Gasteiger partial charge in [0.25, 0.3) is 0 Å². The molecule has 2 N–H and O–H groups in total. The van der Waals surface area contributed by atoms with Gasteiger partial charge in [-0.2, -0.15) is 0 Å². The number of fused-ring (bicyclic) bond motifs is 1. The van der Waals surface area contributed by atoms with E-state index in [4.69, 9.17) is 9.15 Å². The molecule has 2 aromatic carbocycles. The predicted molar refractivity (Wildman–Crippen MR) is 77.8 cm³/mol. The van der Waals surface area contributed by atoms with Crippen molar-refractivity contribution in [2.45, 2.75) is 0 Å². The standard InChI is InChI=1S/C16H12O5.Mo/c1-20-11-6-12(18)16-13(19)8-14(21-15(16)7-11)9-2-4-10(17)5-3-9;/h2-8,17-18H,1H3;. The summed E-state index contributed by atoms with van der Waals surface area (Å²) < 4.78 is 10.7. The molecule has 3 rings (SSSR count). The van der Waals surface area contributed by atoms with Gasteiger partial charge in [0.15, 0.2) is 5.43 Å². The minimum atomic E-state index is -0.348. The molecule has 0 radical (unpaired) electrons. The van der Waals surface area contributed by atoms with E-state index in [-0.39, 0.29) is 49.0 Å². The third kappa shape index (κ3) is 2.85. The molecule has 0 atom stereocenters. The van der Waals surface area contributed by atoms with E-state index in [2.05, 4.69) is 0 Å². The summed E-state index contributed by atoms with van der Waals surface area (Å²) in [5.74, 6) is 0.683. The number of benzene rings is 2. The molecule has 0 fully saturated rings. The molecule has 0 spiro atoms. The van der Waals surface area contributed by atoms with Gasteiger partial charge < -0.3 is 19.4 Å². The molecule has 112 valence electrons. The number of hydrogen-bond acceptors (Lipinski definition) is 5. The minimum absolute atomic E-state index is 0. The Kier molecular flexibility index (Phi) is 4.57. The molecule has 0 unspecified atom stereocenters. The van der Waals surface area contributed by atoms with Crippen molar-refractivity contribution in [3.05, 3.63) is 52.7 Å². The van der Waals surface area contributed by atoms with Crippen molar-refractivity contribution in [3.8, 4) is 28.6 Å². The Balaban J connectivity index is 0.00000176. The second-order valence-corrected chi connectivity index (χ2v) is 4.54. The molecule has 0 saturated heterocycles. The van der Waals surface area contributed by atoms with Gasteiger partial charge in [-0.15, -0.1) is 0 Å². The molecule has 0 aliphatic carbocycles. The molecule has 5 nitrogen and oxygen atoms in total. The van der Waals surface area contributed by atoms with E-state index >= 15 is 0 Å². The Morgan fingerprint density at radius 1 is 1.05 bits per heavy atom. The largest absolute Gasteiger partial charge is 0.508 e. The van der Waals surface area contributed by atoms with Gasteiger partial charge in [-0.3, -0.25) is 4.79 Å². The fourth-order valence-corrected chi connectivity index (χ4v) is 2.13. The zero-order valence-electron chi connectivity index (χ0n) is 11.6. The summed E-state index contributed by atoms with van der Waals surface area (Å²) in [5.41, 5.74) is 0.538. The SMILES string of the molecule is COc1cc(O)c2c(=O)cc(-c3ccc(O)cc3)oc2c1.[Mo]. The first-order valence-corrected chi connectivity index (χ1v) is 6.23. The average molecular weight is 380 g/mol. The van der Waals surface area contributed by atoms with Gasteiger partial charge in [-0.05, 0) is 24.3 Å². The Morgan fingerprint density at radius 2 is 1.73 bits per heavy atom. The van der Waals surface area contributed by atoms with E-state index in [0.717, 1.165) is 0 Å². The summed E-state index contributed by atoms with van der Waals surface area (Å²) in [6, 6.07) is 10.5. The first-order valence-electron chi connectivity index (χ1n) is 6.23. The van der Waals surface area contributed by atoms with Gasteiger partial charge in [0.05, 0.1) is 7.11 Å². The van der Waals surface area contributed by atoms with E-state index in [1.165, 1.54) is 31.4 Å². The summed E-state index contributed by atoms with van der Waals surface area (Å²) in [6.07, 6.45) is 0. The quantitative estimate of drug-likeness (QED) is 0.669. The van der Waals surface area contributed by atoms with E-state index < -0.39 is 0 Å². The smallest absolute Gasteiger partial charge is 0.197 e. The van der Waals surface area contributed by atoms with E-state index in [1.54, 1.807) is 18.2 Å². The van der Waals surface area contributed by atoms with Gasteiger partial charge in [-0.1, -0.05) is 0 Å². The summed E-state index contributed by atoms with van der Waals surface area (Å²) >= 11 is 0. The van der Waals surface area contributed by atoms with Gasteiger partial charge >= 0.3 is 0 Å². The predicted octanol–water partition coefficient (Wildman–Crippen LogP) is 2.88. The first kappa shape index (κ1) is 16.1. The molecule has 0 amide bonds. The fraction of sp³-hybridized carbons (Fsp3) is 0.0625. The Morgan fingerprint density at radius 3 is 2.36 bits per heavy atom. The number of phenols is 2. The summed E-state index contributed by atoms with van der Waals surface area (Å²) in [5, 5.41) is 19.3. The van der Waals surface area contributed by atoms with Crippen molar-refractivity contribution in [1.82, 2.24) is 0 Å². The first-order chi connectivity index (χ1) is 10.1. The van der Waals surface area contributed by atoms with Gasteiger partial charge in [0.1, 0.15) is 34.0 Å². The van der Waals surface area contributed by atoms with Crippen LogP contribution in [0, 0.1) is 0 Å². The number of hydrogen-bond donors (Lipinski definition) is 2. The third-order valence-corrected chi connectivity index (χ3v) is 3.17. The van der Waals surface area contributed by atoms with Crippen LogP contribution in [0.1, 0.15) is 0 Å². The maximum Gasteiger partial charge on any atom is 0.197 e. The summed E-state index contributed by atoms with van der Waals surface area (Å²) in [7, 11) is 1.46. The molecule has 6 heteroatoms. The Hall–Kier alpha value is -2.26. The topological polar surface area (TPSA) is 79.9 Å². The van der Waals surface area contributed by atoms with Crippen LogP contribution in [0.15, 0.2) is 51.7 Å². The Labute approximate surface area is 140 Å². The average Bonchev–Trinajstić information content (AvgIpc) is 2.46. The van der Waals surface area contributed by atoms with Crippen molar-refractivity contribution in [3.63, 3.8) is 0 Å². The van der Waals surface area contributed by atoms with Crippen molar-refractivity contribution in [2.75, 3.05) is 7.11 Å². The van der Waals surface area contributed by atoms with Crippen LogP contribution in [-0.4, -0.2) is 17.3 Å². The molecule has 0 bridgehead atoms. The van der Waals surface area contributed by atoms with Crippen molar-refractivity contribution in [2.24, 2.45) is 0 Å². The monoisotopic (exact) mass is 382 g/mol. The third-order valence-electron chi connectivity index (χ3n) is 3.17. The van der Waals surface area contributed by atoms with E-state index in [1.807, 2.05) is 0 Å². The zero-order valence-corrected chi connectivity index (χ0v) is 13.6. The number of methoxy groups -OCH3 is 1. The van der Waals surface area contributed by atoms with Crippen molar-refractivity contribution < 1.29 is 40.4 Å². The molecule has 0 saturated carbocycles. The summed E-state index contributed by atoms with van der Waals surface area (Å²) in [6.45, 7) is 0. The van der Waals surface area contributed by atoms with Gasteiger partial charge in [0, 0.05) is 44.8 Å². The second-order valence-electron chi connectivity index (χ2n) is 4.54. The number of aromatic hydroxyl groups is 2. The number of rotatable bonds is 2. The molecule has 3 aromatic rings. The van der Waals surface area contributed by atoms with Crippen LogP contribution in [0.5, 0.6) is 17.2 Å². The van der Waals surface area contributed by atoms with E-state index in [9.17, 15) is 15.0 Å². The van der Waals surface area contributed by atoms with Gasteiger partial charge in [-0.25, -0.2) is 0 Å². The zero-order chi connectivity index (χ0) is 15.0. The molecule has 22 heavy (non-hydrogen) atoms. The van der Waals surface area contributed by atoms with Gasteiger partial charge in [0.2, 0.25) is 0 Å². The normalized spacial score (nSPS) is 10.2. The van der Waals surface area contributed by atoms with Crippen molar-refractivity contribution >= 4 is 11.0 Å². The van der Waals surface area contributed by atoms with Crippen LogP contribution >= 0.6 is 0 Å². The van der Waals surface area contributed by atoms with Crippen LogP contribution in [0.3, 0.4) is 0 Å². The molecule has 1 heterocycles. The molecule has 0 aliphatic rings. The maximum absolute atomic E-state index is 12.2. The summed E-state index contributed by atoms with van der Waals surface area (Å²) in [4.78, 5) is 12.2. The van der Waals surface area contributed by atoms with E-state index in [0.29, 0.717) is 17.1 Å². The van der Waals surface area contributed by atoms with Crippen molar-refractivity contribution in [1.29, 1.82) is 0 Å². The number of ether oxygens (including phenoxy) is 1. The minimum Gasteiger partial charge on any atom is -0.508 e. The Bertz CT molecular complexity index is 868.